The van der Waals surface area contributed by atoms with Crippen molar-refractivity contribution in [2.45, 2.75) is 65.5 Å². The number of esters is 2. The second-order valence-electron chi connectivity index (χ2n) is 8.43. The first kappa shape index (κ1) is 18.8. The van der Waals surface area contributed by atoms with Gasteiger partial charge in [-0.1, -0.05) is 34.3 Å². The van der Waals surface area contributed by atoms with Crippen LogP contribution in [0.2, 0.25) is 0 Å². The Morgan fingerprint density at radius 2 is 2.00 bits per heavy atom. The molecule has 0 unspecified atom stereocenters. The van der Waals surface area contributed by atoms with Gasteiger partial charge in [-0.15, -0.1) is 0 Å². The van der Waals surface area contributed by atoms with Gasteiger partial charge in [0.15, 0.2) is 5.78 Å². The molecule has 142 valence electrons. The molecule has 2 aliphatic heterocycles. The van der Waals surface area contributed by atoms with Gasteiger partial charge in [-0.2, -0.15) is 0 Å². The number of carbonyl (C=O) groups is 3. The average Bonchev–Trinajstić information content (AvgIpc) is 3.29. The van der Waals surface area contributed by atoms with Crippen molar-refractivity contribution < 1.29 is 28.6 Å². The van der Waals surface area contributed by atoms with Gasteiger partial charge in [0.1, 0.15) is 18.3 Å². The molecule has 0 aromatic rings. The Balaban J connectivity index is 2.02. The summed E-state index contributed by atoms with van der Waals surface area (Å²) in [5.74, 6) is -1.74. The number of fused-ring (bicyclic) bond motifs is 2. The molecule has 0 saturated carbocycles. The third-order valence-electron chi connectivity index (χ3n) is 5.45. The molecule has 0 amide bonds. The quantitative estimate of drug-likeness (QED) is 0.426. The molecule has 6 nitrogen and oxygen atoms in total. The van der Waals surface area contributed by atoms with E-state index in [1.165, 1.54) is 0 Å². The number of hydrogen-bond donors (Lipinski definition) is 0. The van der Waals surface area contributed by atoms with Gasteiger partial charge in [-0.3, -0.25) is 9.59 Å². The van der Waals surface area contributed by atoms with Crippen LogP contribution >= 0.6 is 0 Å². The molecule has 0 spiro atoms. The number of epoxide rings is 1. The molecule has 0 bridgehead atoms. The number of hydrogen-bond acceptors (Lipinski definition) is 6. The Labute approximate surface area is 153 Å². The minimum atomic E-state index is -0.671. The molecule has 6 heteroatoms. The van der Waals surface area contributed by atoms with Gasteiger partial charge < -0.3 is 14.2 Å². The zero-order chi connectivity index (χ0) is 19.4. The normalized spacial score (nSPS) is 38.0. The minimum Gasteiger partial charge on any atom is -0.461 e. The van der Waals surface area contributed by atoms with Crippen molar-refractivity contribution in [2.75, 3.05) is 0 Å². The van der Waals surface area contributed by atoms with Crippen LogP contribution in [0.15, 0.2) is 23.8 Å². The van der Waals surface area contributed by atoms with Crippen LogP contribution in [0.3, 0.4) is 0 Å². The fraction of sp³-hybridized carbons (Fsp3) is 0.650. The van der Waals surface area contributed by atoms with Crippen molar-refractivity contribution in [3.05, 3.63) is 23.8 Å². The lowest BCUT2D eigenvalue weighted by Crippen LogP contribution is -2.40. The lowest BCUT2D eigenvalue weighted by atomic mass is 9.75. The van der Waals surface area contributed by atoms with Crippen LogP contribution in [0.4, 0.5) is 0 Å². The topological polar surface area (TPSA) is 82.2 Å². The second kappa shape index (κ2) is 6.34. The molecule has 0 aromatic carbocycles. The van der Waals surface area contributed by atoms with Gasteiger partial charge >= 0.3 is 11.9 Å². The maximum atomic E-state index is 12.6. The summed E-state index contributed by atoms with van der Waals surface area (Å²) < 4.78 is 16.9. The summed E-state index contributed by atoms with van der Waals surface area (Å²) in [5, 5.41) is 0. The first-order chi connectivity index (χ1) is 12.0. The standard InChI is InChI=1S/C20H26O6/c1-9(2)18(22)25-13-8-20(5,6)17-16(26-17)15(21)10(3)7-12-14(13)11(4)19(23)24-12/h7,9,12-14,16-17H,4,8H2,1-3,5-6H3/b10-7+/t12-,13-,14+,16+,17-/m1/s1. The van der Waals surface area contributed by atoms with E-state index in [-0.39, 0.29) is 29.3 Å². The number of ether oxygens (including phenoxy) is 3. The molecule has 5 atom stereocenters. The van der Waals surface area contributed by atoms with Gasteiger partial charge in [-0.25, -0.2) is 4.79 Å². The SMILES string of the molecule is C=C1C(=O)O[C@@H]2/C=C(\C)C(=O)[C@@H]3O[C@H]3C(C)(C)C[C@@H](OC(=O)C(C)C)[C@@H]12. The van der Waals surface area contributed by atoms with Crippen molar-refractivity contribution in [1.29, 1.82) is 0 Å². The molecule has 0 radical (unpaired) electrons. The predicted molar refractivity (Wildman–Crippen MR) is 93.1 cm³/mol. The molecule has 0 aromatic heterocycles. The van der Waals surface area contributed by atoms with Crippen molar-refractivity contribution in [3.63, 3.8) is 0 Å². The number of carbonyl (C=O) groups excluding carboxylic acids is 3. The molecule has 3 aliphatic rings. The fourth-order valence-corrected chi connectivity index (χ4v) is 3.80. The summed E-state index contributed by atoms with van der Waals surface area (Å²) in [6.07, 6.45) is 0.113. The van der Waals surface area contributed by atoms with Crippen molar-refractivity contribution in [3.8, 4) is 0 Å². The molecular formula is C20H26O6. The minimum absolute atomic E-state index is 0.0898. The Morgan fingerprint density at radius 3 is 2.62 bits per heavy atom. The van der Waals surface area contributed by atoms with Crippen molar-refractivity contribution >= 4 is 17.7 Å². The molecule has 1 aliphatic carbocycles. The summed E-state index contributed by atoms with van der Waals surface area (Å²) in [4.78, 5) is 37.0. The first-order valence-electron chi connectivity index (χ1n) is 9.01. The maximum absolute atomic E-state index is 12.6. The van der Waals surface area contributed by atoms with E-state index in [9.17, 15) is 14.4 Å². The van der Waals surface area contributed by atoms with Crippen LogP contribution in [0, 0.1) is 17.3 Å². The van der Waals surface area contributed by atoms with Crippen LogP contribution in [0.5, 0.6) is 0 Å². The van der Waals surface area contributed by atoms with Gasteiger partial charge in [-0.05, 0) is 30.4 Å². The number of rotatable bonds is 2. The lowest BCUT2D eigenvalue weighted by molar-refractivity contribution is -0.158. The van der Waals surface area contributed by atoms with Crippen molar-refractivity contribution in [2.24, 2.45) is 17.3 Å². The second-order valence-corrected chi connectivity index (χ2v) is 8.43. The highest BCUT2D eigenvalue weighted by atomic mass is 16.6. The van der Waals surface area contributed by atoms with E-state index in [0.29, 0.717) is 12.0 Å². The molecule has 0 N–H and O–H groups in total. The highest BCUT2D eigenvalue weighted by Gasteiger charge is 2.57. The summed E-state index contributed by atoms with van der Waals surface area (Å²) in [6, 6.07) is 0. The zero-order valence-corrected chi connectivity index (χ0v) is 15.9. The van der Waals surface area contributed by atoms with Crippen molar-refractivity contribution in [1.82, 2.24) is 0 Å². The highest BCUT2D eigenvalue weighted by molar-refractivity contribution is 6.00. The van der Waals surface area contributed by atoms with Gasteiger partial charge in [0.25, 0.3) is 0 Å². The molecule has 2 saturated heterocycles. The van der Waals surface area contributed by atoms with Crippen LogP contribution in [-0.4, -0.2) is 42.1 Å². The van der Waals surface area contributed by atoms with E-state index in [4.69, 9.17) is 14.2 Å². The van der Waals surface area contributed by atoms with E-state index in [1.54, 1.807) is 26.8 Å². The van der Waals surface area contributed by atoms with E-state index >= 15 is 0 Å². The fourth-order valence-electron chi connectivity index (χ4n) is 3.80. The largest absolute Gasteiger partial charge is 0.461 e. The summed E-state index contributed by atoms with van der Waals surface area (Å²) in [6.45, 7) is 13.0. The summed E-state index contributed by atoms with van der Waals surface area (Å²) in [7, 11) is 0. The molecular weight excluding hydrogens is 336 g/mol. The zero-order valence-electron chi connectivity index (χ0n) is 15.9. The Hall–Kier alpha value is -1.95. The summed E-state index contributed by atoms with van der Waals surface area (Å²) in [5.41, 5.74) is 0.357. The van der Waals surface area contributed by atoms with E-state index in [2.05, 4.69) is 6.58 Å². The molecule has 2 heterocycles. The van der Waals surface area contributed by atoms with Crippen LogP contribution in [-0.2, 0) is 28.6 Å². The van der Waals surface area contributed by atoms with Gasteiger partial charge in [0.2, 0.25) is 0 Å². The Kier molecular flexibility index (Phi) is 4.59. The van der Waals surface area contributed by atoms with Crippen LogP contribution in [0.1, 0.15) is 41.0 Å². The van der Waals surface area contributed by atoms with Crippen LogP contribution in [0.25, 0.3) is 0 Å². The highest BCUT2D eigenvalue weighted by Crippen LogP contribution is 2.47. The van der Waals surface area contributed by atoms with E-state index < -0.39 is 35.6 Å². The monoisotopic (exact) mass is 362 g/mol. The maximum Gasteiger partial charge on any atom is 0.334 e. The Morgan fingerprint density at radius 1 is 1.35 bits per heavy atom. The molecule has 2 fully saturated rings. The third kappa shape index (κ3) is 3.22. The first-order valence-corrected chi connectivity index (χ1v) is 9.01. The average molecular weight is 362 g/mol. The smallest absolute Gasteiger partial charge is 0.334 e. The molecule has 26 heavy (non-hydrogen) atoms. The summed E-state index contributed by atoms with van der Waals surface area (Å²) >= 11 is 0. The molecule has 3 rings (SSSR count). The van der Waals surface area contributed by atoms with Gasteiger partial charge in [0, 0.05) is 5.57 Å². The number of Topliss-reactive ketones (excluding diaryl/α,β-unsaturated/α-hetero) is 1. The third-order valence-corrected chi connectivity index (χ3v) is 5.45. The van der Waals surface area contributed by atoms with E-state index in [1.807, 2.05) is 13.8 Å². The van der Waals surface area contributed by atoms with Gasteiger partial charge in [0.05, 0.1) is 17.9 Å². The van der Waals surface area contributed by atoms with Crippen LogP contribution < -0.4 is 0 Å². The number of ketones is 1. The predicted octanol–water partition coefficient (Wildman–Crippen LogP) is 2.36. The van der Waals surface area contributed by atoms with E-state index in [0.717, 1.165) is 0 Å². The Bertz CT molecular complexity index is 701. The lowest BCUT2D eigenvalue weighted by Gasteiger charge is -2.33.